The van der Waals surface area contributed by atoms with Gasteiger partial charge in [-0.15, -0.1) is 0 Å². The van der Waals surface area contributed by atoms with Gasteiger partial charge in [0.2, 0.25) is 5.91 Å². The summed E-state index contributed by atoms with van der Waals surface area (Å²) in [5, 5.41) is 5.56. The molecular formula is C19H17F3N2O2S. The van der Waals surface area contributed by atoms with Gasteiger partial charge in [0.25, 0.3) is 5.91 Å². The number of benzene rings is 2. The summed E-state index contributed by atoms with van der Waals surface area (Å²) in [5.74, 6) is -0.272. The SMILES string of the molecule is O=C(NCc1cccc(NC(=O)C2CC2)c1)c1ccc(SC(F)(F)F)cc1. The minimum atomic E-state index is -4.36. The van der Waals surface area contributed by atoms with Gasteiger partial charge in [-0.2, -0.15) is 13.2 Å². The van der Waals surface area contributed by atoms with Crippen LogP contribution in [0.4, 0.5) is 18.9 Å². The Bertz CT molecular complexity index is 834. The van der Waals surface area contributed by atoms with Crippen LogP contribution in [0.1, 0.15) is 28.8 Å². The van der Waals surface area contributed by atoms with E-state index in [0.717, 1.165) is 18.4 Å². The molecule has 3 rings (SSSR count). The maximum Gasteiger partial charge on any atom is 0.446 e. The van der Waals surface area contributed by atoms with Crippen LogP contribution < -0.4 is 10.6 Å². The molecule has 1 saturated carbocycles. The number of thioether (sulfide) groups is 1. The van der Waals surface area contributed by atoms with E-state index in [9.17, 15) is 22.8 Å². The fourth-order valence-corrected chi connectivity index (χ4v) is 2.98. The van der Waals surface area contributed by atoms with Crippen LogP contribution in [0.2, 0.25) is 0 Å². The minimum Gasteiger partial charge on any atom is -0.348 e. The molecule has 2 N–H and O–H groups in total. The summed E-state index contributed by atoms with van der Waals surface area (Å²) in [6.45, 7) is 0.241. The number of hydrogen-bond donors (Lipinski definition) is 2. The van der Waals surface area contributed by atoms with E-state index in [2.05, 4.69) is 10.6 Å². The monoisotopic (exact) mass is 394 g/mol. The lowest BCUT2D eigenvalue weighted by Crippen LogP contribution is -2.22. The summed E-state index contributed by atoms with van der Waals surface area (Å²) in [4.78, 5) is 24.0. The molecular weight excluding hydrogens is 377 g/mol. The highest BCUT2D eigenvalue weighted by Gasteiger charge is 2.30. The van der Waals surface area contributed by atoms with Crippen LogP contribution in [0.5, 0.6) is 0 Å². The summed E-state index contributed by atoms with van der Waals surface area (Å²) in [6.07, 6.45) is 1.84. The van der Waals surface area contributed by atoms with Gasteiger partial charge in [-0.25, -0.2) is 0 Å². The third-order valence-electron chi connectivity index (χ3n) is 3.95. The first-order valence-electron chi connectivity index (χ1n) is 8.34. The number of hydrogen-bond acceptors (Lipinski definition) is 3. The van der Waals surface area contributed by atoms with Crippen molar-refractivity contribution in [1.29, 1.82) is 0 Å². The highest BCUT2D eigenvalue weighted by Crippen LogP contribution is 2.36. The van der Waals surface area contributed by atoms with Gasteiger partial charge in [0.05, 0.1) is 0 Å². The molecule has 2 amide bonds. The van der Waals surface area contributed by atoms with Crippen molar-refractivity contribution in [3.8, 4) is 0 Å². The van der Waals surface area contributed by atoms with Gasteiger partial charge in [-0.1, -0.05) is 12.1 Å². The molecule has 0 bridgehead atoms. The van der Waals surface area contributed by atoms with E-state index >= 15 is 0 Å². The summed E-state index contributed by atoms with van der Waals surface area (Å²) in [5.41, 5.74) is -2.60. The standard InChI is InChI=1S/C19H17F3N2O2S/c20-19(21,22)27-16-8-6-13(7-9-16)17(25)23-11-12-2-1-3-15(10-12)24-18(26)14-4-5-14/h1-3,6-10,14H,4-5,11H2,(H,23,25)(H,24,26). The second kappa shape index (κ2) is 8.04. The smallest absolute Gasteiger partial charge is 0.348 e. The predicted molar refractivity (Wildman–Crippen MR) is 97.3 cm³/mol. The van der Waals surface area contributed by atoms with E-state index in [0.29, 0.717) is 5.69 Å². The van der Waals surface area contributed by atoms with Crippen molar-refractivity contribution in [2.45, 2.75) is 29.8 Å². The largest absolute Gasteiger partial charge is 0.446 e. The number of alkyl halides is 3. The van der Waals surface area contributed by atoms with E-state index in [-0.39, 0.29) is 46.5 Å². The van der Waals surface area contributed by atoms with Crippen LogP contribution >= 0.6 is 11.8 Å². The molecule has 1 aliphatic carbocycles. The number of rotatable bonds is 6. The number of carbonyl (C=O) groups is 2. The number of amides is 2. The summed E-state index contributed by atoms with van der Waals surface area (Å²) in [7, 11) is 0. The molecule has 4 nitrogen and oxygen atoms in total. The van der Waals surface area contributed by atoms with Gasteiger partial charge in [0.1, 0.15) is 0 Å². The zero-order chi connectivity index (χ0) is 19.4. The van der Waals surface area contributed by atoms with Crippen molar-refractivity contribution in [3.05, 3.63) is 59.7 Å². The van der Waals surface area contributed by atoms with Gasteiger partial charge >= 0.3 is 5.51 Å². The predicted octanol–water partition coefficient (Wildman–Crippen LogP) is 4.58. The molecule has 27 heavy (non-hydrogen) atoms. The molecule has 0 atom stereocenters. The Morgan fingerprint density at radius 2 is 1.78 bits per heavy atom. The topological polar surface area (TPSA) is 58.2 Å². The second-order valence-electron chi connectivity index (χ2n) is 6.22. The van der Waals surface area contributed by atoms with Crippen molar-refractivity contribution in [2.75, 3.05) is 5.32 Å². The molecule has 0 spiro atoms. The summed E-state index contributed by atoms with van der Waals surface area (Å²) in [6, 6.07) is 12.4. The molecule has 2 aromatic carbocycles. The van der Waals surface area contributed by atoms with Crippen molar-refractivity contribution in [1.82, 2.24) is 5.32 Å². The zero-order valence-corrected chi connectivity index (χ0v) is 15.0. The molecule has 2 aromatic rings. The molecule has 0 aromatic heterocycles. The Kier molecular flexibility index (Phi) is 5.74. The lowest BCUT2D eigenvalue weighted by atomic mass is 10.1. The quantitative estimate of drug-likeness (QED) is 0.706. The molecule has 1 aliphatic rings. The van der Waals surface area contributed by atoms with Gasteiger partial charge < -0.3 is 10.6 Å². The van der Waals surface area contributed by atoms with Gasteiger partial charge in [-0.3, -0.25) is 9.59 Å². The molecule has 142 valence electrons. The van der Waals surface area contributed by atoms with Crippen LogP contribution in [-0.2, 0) is 11.3 Å². The van der Waals surface area contributed by atoms with Crippen LogP contribution in [0.15, 0.2) is 53.4 Å². The number of carbonyl (C=O) groups excluding carboxylic acids is 2. The zero-order valence-electron chi connectivity index (χ0n) is 14.2. The normalized spacial score (nSPS) is 13.9. The molecule has 0 heterocycles. The van der Waals surface area contributed by atoms with E-state index in [1.54, 1.807) is 18.2 Å². The fraction of sp³-hybridized carbons (Fsp3) is 0.263. The molecule has 8 heteroatoms. The Labute approximate surface area is 158 Å². The maximum absolute atomic E-state index is 12.3. The Hall–Kier alpha value is -2.48. The summed E-state index contributed by atoms with van der Waals surface area (Å²) < 4.78 is 37.0. The third-order valence-corrected chi connectivity index (χ3v) is 4.69. The number of nitrogens with one attached hydrogen (secondary N) is 2. The maximum atomic E-state index is 12.3. The van der Waals surface area contributed by atoms with Crippen LogP contribution in [0, 0.1) is 5.92 Å². The van der Waals surface area contributed by atoms with Gasteiger partial charge in [0, 0.05) is 28.6 Å². The van der Waals surface area contributed by atoms with E-state index in [4.69, 9.17) is 0 Å². The first kappa shape index (κ1) is 19.3. The Balaban J connectivity index is 1.54. The number of halogens is 3. The third kappa shape index (κ3) is 6.02. The van der Waals surface area contributed by atoms with Gasteiger partial charge in [0.15, 0.2) is 0 Å². The van der Waals surface area contributed by atoms with Crippen molar-refractivity contribution in [3.63, 3.8) is 0 Å². The average Bonchev–Trinajstić information content (AvgIpc) is 3.44. The Morgan fingerprint density at radius 1 is 1.07 bits per heavy atom. The molecule has 0 unspecified atom stereocenters. The van der Waals surface area contributed by atoms with Crippen molar-refractivity contribution in [2.24, 2.45) is 5.92 Å². The lowest BCUT2D eigenvalue weighted by Gasteiger charge is -2.09. The minimum absolute atomic E-state index is 0.00741. The van der Waals surface area contributed by atoms with Crippen LogP contribution in [0.3, 0.4) is 0 Å². The lowest BCUT2D eigenvalue weighted by molar-refractivity contribution is -0.117. The van der Waals surface area contributed by atoms with Crippen molar-refractivity contribution < 1.29 is 22.8 Å². The molecule has 1 fully saturated rings. The first-order valence-corrected chi connectivity index (χ1v) is 9.15. The fourth-order valence-electron chi connectivity index (χ4n) is 2.44. The highest BCUT2D eigenvalue weighted by atomic mass is 32.2. The van der Waals surface area contributed by atoms with Crippen molar-refractivity contribution >= 4 is 29.3 Å². The van der Waals surface area contributed by atoms with E-state index < -0.39 is 5.51 Å². The van der Waals surface area contributed by atoms with Crippen LogP contribution in [-0.4, -0.2) is 17.3 Å². The van der Waals surface area contributed by atoms with Crippen LogP contribution in [0.25, 0.3) is 0 Å². The Morgan fingerprint density at radius 3 is 2.41 bits per heavy atom. The molecule has 0 radical (unpaired) electrons. The second-order valence-corrected chi connectivity index (χ2v) is 7.36. The molecule has 0 saturated heterocycles. The van der Waals surface area contributed by atoms with Gasteiger partial charge in [-0.05, 0) is 66.6 Å². The first-order chi connectivity index (χ1) is 12.8. The van der Waals surface area contributed by atoms with E-state index in [1.807, 2.05) is 6.07 Å². The molecule has 0 aliphatic heterocycles. The van der Waals surface area contributed by atoms with E-state index in [1.165, 1.54) is 24.3 Å². The average molecular weight is 394 g/mol. The highest BCUT2D eigenvalue weighted by molar-refractivity contribution is 8.00. The number of anilines is 1. The summed E-state index contributed by atoms with van der Waals surface area (Å²) >= 11 is -0.222.